The first-order valence-electron chi connectivity index (χ1n) is 6.93. The van der Waals surface area contributed by atoms with Gasteiger partial charge in [0.15, 0.2) is 11.5 Å². The number of aromatic nitrogens is 1. The zero-order valence-corrected chi connectivity index (χ0v) is 11.8. The zero-order valence-electron chi connectivity index (χ0n) is 11.8. The molecule has 21 heavy (non-hydrogen) atoms. The van der Waals surface area contributed by atoms with E-state index in [1.54, 1.807) is 4.90 Å². The van der Waals surface area contributed by atoms with Gasteiger partial charge >= 0.3 is 0 Å². The van der Waals surface area contributed by atoms with Crippen LogP contribution in [0.3, 0.4) is 0 Å². The monoisotopic (exact) mass is 297 g/mol. The van der Waals surface area contributed by atoms with Gasteiger partial charge in [-0.3, -0.25) is 4.79 Å². The Morgan fingerprint density at radius 1 is 1.33 bits per heavy atom. The highest BCUT2D eigenvalue weighted by atomic mass is 19.1. The lowest BCUT2D eigenvalue weighted by molar-refractivity contribution is 0.0477. The molecular weight excluding hydrogens is 280 g/mol. The number of carbonyl (C=O) groups is 1. The third kappa shape index (κ3) is 2.89. The smallest absolute Gasteiger partial charge is 0.275 e. The molecule has 0 spiro atoms. The van der Waals surface area contributed by atoms with E-state index in [2.05, 4.69) is 9.88 Å². The van der Waals surface area contributed by atoms with Crippen molar-refractivity contribution in [1.29, 1.82) is 0 Å². The van der Waals surface area contributed by atoms with E-state index in [9.17, 15) is 13.6 Å². The van der Waals surface area contributed by atoms with Gasteiger partial charge < -0.3 is 14.5 Å². The van der Waals surface area contributed by atoms with Crippen LogP contribution in [0.15, 0.2) is 12.3 Å². The number of hydrogen-bond acceptors (Lipinski definition) is 4. The van der Waals surface area contributed by atoms with Gasteiger partial charge in [-0.05, 0) is 7.05 Å². The first-order chi connectivity index (χ1) is 10.0. The van der Waals surface area contributed by atoms with Crippen molar-refractivity contribution >= 4 is 5.91 Å². The number of nitrogens with zero attached hydrogens (tertiary/aromatic N) is 3. The number of rotatable bonds is 1. The Bertz CT molecular complexity index is 555. The maximum atomic E-state index is 13.8. The summed E-state index contributed by atoms with van der Waals surface area (Å²) in [5, 5.41) is 0. The van der Waals surface area contributed by atoms with E-state index >= 15 is 0 Å². The van der Waals surface area contributed by atoms with Crippen molar-refractivity contribution in [1.82, 2.24) is 14.8 Å². The maximum Gasteiger partial charge on any atom is 0.275 e. The summed E-state index contributed by atoms with van der Waals surface area (Å²) in [6, 6.07) is 0.550. The summed E-state index contributed by atoms with van der Waals surface area (Å²) in [6.45, 7) is 3.02. The molecule has 0 saturated carbocycles. The van der Waals surface area contributed by atoms with Crippen LogP contribution in [0.5, 0.6) is 0 Å². The van der Waals surface area contributed by atoms with Crippen molar-refractivity contribution in [3.8, 4) is 0 Å². The van der Waals surface area contributed by atoms with Gasteiger partial charge in [-0.15, -0.1) is 0 Å². The van der Waals surface area contributed by atoms with E-state index in [1.165, 1.54) is 0 Å². The maximum absolute atomic E-state index is 13.8. The molecule has 1 aromatic heterocycles. The van der Waals surface area contributed by atoms with Crippen LogP contribution in [0.25, 0.3) is 0 Å². The van der Waals surface area contributed by atoms with Gasteiger partial charge in [-0.1, -0.05) is 0 Å². The normalized spacial score (nSPS) is 26.5. The highest BCUT2D eigenvalue weighted by Crippen LogP contribution is 2.21. The van der Waals surface area contributed by atoms with Crippen LogP contribution in [0, 0.1) is 17.6 Å². The Morgan fingerprint density at radius 2 is 2.14 bits per heavy atom. The fourth-order valence-corrected chi connectivity index (χ4v) is 3.03. The average Bonchev–Trinajstić information content (AvgIpc) is 2.68. The van der Waals surface area contributed by atoms with E-state index in [4.69, 9.17) is 4.74 Å². The summed E-state index contributed by atoms with van der Waals surface area (Å²) in [6.07, 6.45) is 0.864. The molecule has 3 rings (SSSR count). The highest BCUT2D eigenvalue weighted by Gasteiger charge is 2.36. The second-order valence-electron chi connectivity index (χ2n) is 5.72. The lowest BCUT2D eigenvalue weighted by Gasteiger charge is -2.29. The molecule has 7 heteroatoms. The molecular formula is C14H17F2N3O2. The molecule has 2 atom stereocenters. The Morgan fingerprint density at radius 3 is 2.90 bits per heavy atom. The van der Waals surface area contributed by atoms with Crippen LogP contribution in [-0.4, -0.2) is 66.6 Å². The lowest BCUT2D eigenvalue weighted by Crippen LogP contribution is -2.46. The van der Waals surface area contributed by atoms with Crippen molar-refractivity contribution < 1.29 is 18.3 Å². The summed E-state index contributed by atoms with van der Waals surface area (Å²) in [7, 11) is 2.00. The van der Waals surface area contributed by atoms with Crippen molar-refractivity contribution in [2.24, 2.45) is 5.92 Å². The Labute approximate surface area is 121 Å². The predicted octanol–water partition coefficient (Wildman–Crippen LogP) is 0.762. The standard InChI is InChI=1S/C14H17F2N3O2/c1-18-4-9-5-19(11(6-18)8-21-7-9)14(20)13-12(16)2-10(15)3-17-13/h2-3,9,11H,4-8H2,1H3/t9-,11-/m0/s1. The molecule has 0 N–H and O–H groups in total. The summed E-state index contributed by atoms with van der Waals surface area (Å²) in [5.41, 5.74) is -0.327. The zero-order chi connectivity index (χ0) is 15.0. The van der Waals surface area contributed by atoms with E-state index in [-0.39, 0.29) is 17.7 Å². The van der Waals surface area contributed by atoms with Gasteiger partial charge in [-0.25, -0.2) is 13.8 Å². The number of amides is 1. The molecule has 3 heterocycles. The van der Waals surface area contributed by atoms with Gasteiger partial charge in [0, 0.05) is 31.6 Å². The van der Waals surface area contributed by atoms with Crippen LogP contribution in [0.2, 0.25) is 0 Å². The number of hydrogen-bond donors (Lipinski definition) is 0. The summed E-state index contributed by atoms with van der Waals surface area (Å²) in [5.74, 6) is -2.02. The molecule has 0 unspecified atom stereocenters. The van der Waals surface area contributed by atoms with Crippen molar-refractivity contribution in [2.45, 2.75) is 6.04 Å². The molecule has 0 radical (unpaired) electrons. The molecule has 5 nitrogen and oxygen atoms in total. The quantitative estimate of drug-likeness (QED) is 0.768. The Hall–Kier alpha value is -1.60. The van der Waals surface area contributed by atoms with Crippen LogP contribution in [0.1, 0.15) is 10.5 Å². The summed E-state index contributed by atoms with van der Waals surface area (Å²) >= 11 is 0. The Balaban J connectivity index is 1.89. The van der Waals surface area contributed by atoms with E-state index in [1.807, 2.05) is 7.05 Å². The van der Waals surface area contributed by atoms with Crippen LogP contribution in [0.4, 0.5) is 8.78 Å². The lowest BCUT2D eigenvalue weighted by atomic mass is 10.1. The second-order valence-corrected chi connectivity index (χ2v) is 5.72. The van der Waals surface area contributed by atoms with Gasteiger partial charge in [0.25, 0.3) is 5.91 Å². The number of halogens is 2. The Kier molecular flexibility index (Phi) is 3.86. The van der Waals surface area contributed by atoms with E-state index in [0.29, 0.717) is 32.4 Å². The second kappa shape index (κ2) is 5.65. The minimum Gasteiger partial charge on any atom is -0.379 e. The topological polar surface area (TPSA) is 45.7 Å². The number of ether oxygens (including phenoxy) is 1. The molecule has 1 amide bonds. The third-order valence-corrected chi connectivity index (χ3v) is 3.92. The molecule has 0 aliphatic carbocycles. The molecule has 2 aliphatic rings. The minimum atomic E-state index is -0.923. The summed E-state index contributed by atoms with van der Waals surface area (Å²) < 4.78 is 32.3. The van der Waals surface area contributed by atoms with Crippen molar-refractivity contribution in [2.75, 3.05) is 39.9 Å². The molecule has 2 bridgehead atoms. The number of fused-ring (bicyclic) bond motifs is 3. The number of carbonyl (C=O) groups excluding carboxylic acids is 1. The van der Waals surface area contributed by atoms with Gasteiger partial charge in [0.05, 0.1) is 25.5 Å². The predicted molar refractivity (Wildman–Crippen MR) is 70.8 cm³/mol. The molecule has 2 saturated heterocycles. The molecule has 114 valence electrons. The minimum absolute atomic E-state index is 0.138. The van der Waals surface area contributed by atoms with Gasteiger partial charge in [-0.2, -0.15) is 0 Å². The molecule has 0 aromatic carbocycles. The number of likely N-dealkylation sites (N-methyl/N-ethyl adjacent to an activating group) is 1. The SMILES string of the molecule is CN1C[C@@H]2COC[C@H](C1)N(C(=O)c1ncc(F)cc1F)C2. The molecule has 1 aromatic rings. The molecule has 2 fully saturated rings. The van der Waals surface area contributed by atoms with Crippen LogP contribution < -0.4 is 0 Å². The van der Waals surface area contributed by atoms with E-state index in [0.717, 1.165) is 12.7 Å². The van der Waals surface area contributed by atoms with Crippen molar-refractivity contribution in [3.05, 3.63) is 29.6 Å². The summed E-state index contributed by atoms with van der Waals surface area (Å²) in [4.78, 5) is 19.9. The highest BCUT2D eigenvalue weighted by molar-refractivity contribution is 5.92. The first-order valence-corrected chi connectivity index (χ1v) is 6.93. The van der Waals surface area contributed by atoms with Gasteiger partial charge in [0.1, 0.15) is 5.82 Å². The van der Waals surface area contributed by atoms with Gasteiger partial charge in [0.2, 0.25) is 0 Å². The third-order valence-electron chi connectivity index (χ3n) is 3.92. The average molecular weight is 297 g/mol. The fourth-order valence-electron chi connectivity index (χ4n) is 3.03. The van der Waals surface area contributed by atoms with Crippen LogP contribution in [-0.2, 0) is 4.74 Å². The number of pyridine rings is 1. The first kappa shape index (κ1) is 14.3. The fraction of sp³-hybridized carbons (Fsp3) is 0.571. The van der Waals surface area contributed by atoms with Crippen LogP contribution >= 0.6 is 0 Å². The molecule has 2 aliphatic heterocycles. The van der Waals surface area contributed by atoms with E-state index < -0.39 is 17.5 Å². The largest absolute Gasteiger partial charge is 0.379 e. The van der Waals surface area contributed by atoms with Crippen molar-refractivity contribution in [3.63, 3.8) is 0 Å².